The lowest BCUT2D eigenvalue weighted by atomic mass is 10.0. The average Bonchev–Trinajstić information content (AvgIpc) is 2.52. The molecule has 0 radical (unpaired) electrons. The molecule has 0 aromatic heterocycles. The molecule has 1 aromatic rings. The Hall–Kier alpha value is -1.30. The van der Waals surface area contributed by atoms with Gasteiger partial charge in [-0.05, 0) is 18.9 Å². The molecule has 112 valence electrons. The van der Waals surface area contributed by atoms with Gasteiger partial charge in [-0.2, -0.15) is 0 Å². The van der Waals surface area contributed by atoms with Crippen molar-refractivity contribution in [1.29, 1.82) is 0 Å². The number of aliphatic hydroxyl groups is 1. The predicted molar refractivity (Wildman–Crippen MR) is 74.0 cm³/mol. The van der Waals surface area contributed by atoms with Gasteiger partial charge in [0.25, 0.3) is 0 Å². The van der Waals surface area contributed by atoms with Gasteiger partial charge in [0.2, 0.25) is 0 Å². The average molecular weight is 282 g/mol. The minimum Gasteiger partial charge on any atom is -0.493 e. The molecule has 1 N–H and O–H groups in total. The van der Waals surface area contributed by atoms with Crippen molar-refractivity contribution < 1.29 is 24.1 Å². The fourth-order valence-corrected chi connectivity index (χ4v) is 2.33. The molecule has 1 aromatic carbocycles. The van der Waals surface area contributed by atoms with Crippen molar-refractivity contribution in [2.24, 2.45) is 0 Å². The summed E-state index contributed by atoms with van der Waals surface area (Å²) in [7, 11) is 3.15. The predicted octanol–water partition coefficient (Wildman–Crippen LogP) is 2.28. The van der Waals surface area contributed by atoms with E-state index < -0.39 is 6.10 Å². The Balaban J connectivity index is 1.99. The van der Waals surface area contributed by atoms with Gasteiger partial charge >= 0.3 is 0 Å². The first-order valence-corrected chi connectivity index (χ1v) is 6.88. The van der Waals surface area contributed by atoms with Crippen molar-refractivity contribution in [1.82, 2.24) is 0 Å². The summed E-state index contributed by atoms with van der Waals surface area (Å²) in [5.74, 6) is 1.20. The van der Waals surface area contributed by atoms with Crippen molar-refractivity contribution in [3.05, 3.63) is 23.8 Å². The number of hydrogen-bond acceptors (Lipinski definition) is 5. The molecule has 5 nitrogen and oxygen atoms in total. The van der Waals surface area contributed by atoms with Crippen LogP contribution in [-0.4, -0.2) is 38.8 Å². The quantitative estimate of drug-likeness (QED) is 0.867. The van der Waals surface area contributed by atoms with Gasteiger partial charge in [0, 0.05) is 12.0 Å². The first-order chi connectivity index (χ1) is 9.76. The van der Waals surface area contributed by atoms with E-state index in [0.717, 1.165) is 25.2 Å². The minimum atomic E-state index is -0.630. The molecule has 0 aliphatic carbocycles. The minimum absolute atomic E-state index is 0.213. The second kappa shape index (κ2) is 7.47. The smallest absolute Gasteiger partial charge is 0.166 e. The zero-order valence-corrected chi connectivity index (χ0v) is 12.0. The van der Waals surface area contributed by atoms with E-state index in [9.17, 15) is 5.11 Å². The van der Waals surface area contributed by atoms with Gasteiger partial charge in [0.1, 0.15) is 0 Å². The fraction of sp³-hybridized carbons (Fsp3) is 0.600. The SMILES string of the molecule is COc1cccc([C@@H](O)CCC2OCCCO2)c1OC. The third-order valence-corrected chi connectivity index (χ3v) is 3.36. The highest BCUT2D eigenvalue weighted by atomic mass is 16.7. The van der Waals surface area contributed by atoms with Crippen molar-refractivity contribution >= 4 is 0 Å². The molecule has 0 saturated carbocycles. The largest absolute Gasteiger partial charge is 0.493 e. The summed E-state index contributed by atoms with van der Waals surface area (Å²) in [5, 5.41) is 10.3. The summed E-state index contributed by atoms with van der Waals surface area (Å²) >= 11 is 0. The fourth-order valence-electron chi connectivity index (χ4n) is 2.33. The molecule has 0 amide bonds. The second-order valence-corrected chi connectivity index (χ2v) is 4.70. The van der Waals surface area contributed by atoms with E-state index in [2.05, 4.69) is 0 Å². The monoisotopic (exact) mass is 282 g/mol. The van der Waals surface area contributed by atoms with Gasteiger partial charge in [0.05, 0.1) is 33.5 Å². The van der Waals surface area contributed by atoms with Crippen LogP contribution < -0.4 is 9.47 Å². The molecule has 0 spiro atoms. The van der Waals surface area contributed by atoms with E-state index in [4.69, 9.17) is 18.9 Å². The number of rotatable bonds is 6. The van der Waals surface area contributed by atoms with Crippen LogP contribution in [0, 0.1) is 0 Å². The van der Waals surface area contributed by atoms with Gasteiger partial charge in [-0.15, -0.1) is 0 Å². The highest BCUT2D eigenvalue weighted by Gasteiger charge is 2.20. The number of ether oxygens (including phenoxy) is 4. The Morgan fingerprint density at radius 3 is 2.65 bits per heavy atom. The first-order valence-electron chi connectivity index (χ1n) is 6.88. The first kappa shape index (κ1) is 15.1. The van der Waals surface area contributed by atoms with Crippen LogP contribution in [-0.2, 0) is 9.47 Å². The summed E-state index contributed by atoms with van der Waals surface area (Å²) in [6, 6.07) is 5.49. The molecule has 5 heteroatoms. The maximum atomic E-state index is 10.3. The van der Waals surface area contributed by atoms with Gasteiger partial charge in [-0.1, -0.05) is 12.1 Å². The maximum absolute atomic E-state index is 10.3. The van der Waals surface area contributed by atoms with E-state index in [0.29, 0.717) is 24.3 Å². The third-order valence-electron chi connectivity index (χ3n) is 3.36. The van der Waals surface area contributed by atoms with Crippen molar-refractivity contribution in [3.8, 4) is 11.5 Å². The summed E-state index contributed by atoms with van der Waals surface area (Å²) in [4.78, 5) is 0. The van der Waals surface area contributed by atoms with Crippen molar-refractivity contribution in [2.75, 3.05) is 27.4 Å². The van der Waals surface area contributed by atoms with E-state index >= 15 is 0 Å². The molecule has 0 unspecified atom stereocenters. The molecule has 1 atom stereocenters. The Morgan fingerprint density at radius 2 is 2.00 bits per heavy atom. The normalized spacial score (nSPS) is 17.8. The highest BCUT2D eigenvalue weighted by Crippen LogP contribution is 2.36. The molecule has 1 fully saturated rings. The Bertz CT molecular complexity index is 415. The van der Waals surface area contributed by atoms with E-state index in [1.54, 1.807) is 14.2 Å². The lowest BCUT2D eigenvalue weighted by molar-refractivity contribution is -0.183. The Kier molecular flexibility index (Phi) is 5.64. The van der Waals surface area contributed by atoms with Crippen LogP contribution in [0.3, 0.4) is 0 Å². The van der Waals surface area contributed by atoms with Gasteiger partial charge in [-0.25, -0.2) is 0 Å². The lowest BCUT2D eigenvalue weighted by Crippen LogP contribution is -2.25. The molecule has 2 rings (SSSR count). The topological polar surface area (TPSA) is 57.2 Å². The number of benzene rings is 1. The maximum Gasteiger partial charge on any atom is 0.166 e. The van der Waals surface area contributed by atoms with Gasteiger partial charge < -0.3 is 24.1 Å². The van der Waals surface area contributed by atoms with Crippen LogP contribution in [0.2, 0.25) is 0 Å². The molecule has 1 aliphatic rings. The van der Waals surface area contributed by atoms with Crippen LogP contribution in [0.5, 0.6) is 11.5 Å². The number of hydrogen-bond donors (Lipinski definition) is 1. The molecule has 1 aliphatic heterocycles. The second-order valence-electron chi connectivity index (χ2n) is 4.70. The van der Waals surface area contributed by atoms with Crippen LogP contribution in [0.4, 0.5) is 0 Å². The summed E-state index contributed by atoms with van der Waals surface area (Å²) < 4.78 is 21.5. The third kappa shape index (κ3) is 3.62. The zero-order valence-electron chi connectivity index (χ0n) is 12.0. The lowest BCUT2D eigenvalue weighted by Gasteiger charge is -2.24. The standard InChI is InChI=1S/C15H22O5/c1-17-13-6-3-5-11(15(13)18-2)12(16)7-8-14-19-9-4-10-20-14/h3,5-6,12,14,16H,4,7-10H2,1-2H3/t12-/m0/s1. The van der Waals surface area contributed by atoms with E-state index in [-0.39, 0.29) is 6.29 Å². The Morgan fingerprint density at radius 1 is 1.25 bits per heavy atom. The number of para-hydroxylation sites is 1. The van der Waals surface area contributed by atoms with Crippen molar-refractivity contribution in [3.63, 3.8) is 0 Å². The van der Waals surface area contributed by atoms with Crippen molar-refractivity contribution in [2.45, 2.75) is 31.7 Å². The summed E-state index contributed by atoms with van der Waals surface area (Å²) in [6.07, 6.45) is 1.29. The van der Waals surface area contributed by atoms with Crippen LogP contribution in [0.15, 0.2) is 18.2 Å². The van der Waals surface area contributed by atoms with Crippen LogP contribution in [0.25, 0.3) is 0 Å². The molecule has 1 saturated heterocycles. The van der Waals surface area contributed by atoms with Crippen LogP contribution >= 0.6 is 0 Å². The zero-order chi connectivity index (χ0) is 14.4. The van der Waals surface area contributed by atoms with Crippen LogP contribution in [0.1, 0.15) is 30.9 Å². The van der Waals surface area contributed by atoms with Gasteiger partial charge in [0.15, 0.2) is 17.8 Å². The van der Waals surface area contributed by atoms with Gasteiger partial charge in [-0.3, -0.25) is 0 Å². The molecular formula is C15H22O5. The summed E-state index contributed by atoms with van der Waals surface area (Å²) in [5.41, 5.74) is 0.725. The summed E-state index contributed by atoms with van der Waals surface area (Å²) in [6.45, 7) is 1.45. The molecule has 1 heterocycles. The molecule has 0 bridgehead atoms. The highest BCUT2D eigenvalue weighted by molar-refractivity contribution is 5.47. The van der Waals surface area contributed by atoms with E-state index in [1.807, 2.05) is 18.2 Å². The number of methoxy groups -OCH3 is 2. The Labute approximate surface area is 119 Å². The number of aliphatic hydroxyl groups excluding tert-OH is 1. The van der Waals surface area contributed by atoms with E-state index in [1.165, 1.54) is 0 Å². The molecule has 20 heavy (non-hydrogen) atoms. The molecular weight excluding hydrogens is 260 g/mol.